The number of hydrogen-bond acceptors (Lipinski definition) is 2. The van der Waals surface area contributed by atoms with Gasteiger partial charge in [0.1, 0.15) is 11.6 Å². The van der Waals surface area contributed by atoms with Crippen molar-refractivity contribution in [3.05, 3.63) is 99.3 Å². The van der Waals surface area contributed by atoms with Gasteiger partial charge in [-0.1, -0.05) is 40.2 Å². The van der Waals surface area contributed by atoms with Crippen molar-refractivity contribution in [2.24, 2.45) is 0 Å². The van der Waals surface area contributed by atoms with Crippen LogP contribution in [0.2, 0.25) is 0 Å². The third-order valence-corrected chi connectivity index (χ3v) is 5.90. The monoisotopic (exact) mass is 523 g/mol. The molecule has 0 aliphatic rings. The molecule has 3 rings (SSSR count). The summed E-state index contributed by atoms with van der Waals surface area (Å²) in [6.45, 7) is 0.250. The van der Waals surface area contributed by atoms with Crippen molar-refractivity contribution in [2.45, 2.75) is 31.4 Å². The van der Waals surface area contributed by atoms with E-state index in [0.29, 0.717) is 12.8 Å². The number of carbonyl (C=O) groups excluding carboxylic acids is 1. The van der Waals surface area contributed by atoms with Gasteiger partial charge in [0, 0.05) is 16.9 Å². The molecule has 0 radical (unpaired) electrons. The van der Waals surface area contributed by atoms with Crippen molar-refractivity contribution in [3.8, 4) is 5.75 Å². The lowest BCUT2D eigenvalue weighted by Crippen LogP contribution is -2.28. The van der Waals surface area contributed by atoms with Crippen molar-refractivity contribution in [2.75, 3.05) is 6.54 Å². The van der Waals surface area contributed by atoms with Crippen molar-refractivity contribution in [3.63, 3.8) is 0 Å². The highest BCUT2D eigenvalue weighted by atomic mass is 79.9. The molecule has 3 aromatic carbocycles. The van der Waals surface area contributed by atoms with E-state index in [4.69, 9.17) is 0 Å². The summed E-state index contributed by atoms with van der Waals surface area (Å²) in [6.07, 6.45) is -3.46. The van der Waals surface area contributed by atoms with Gasteiger partial charge in [-0.25, -0.2) is 4.39 Å². The number of aromatic hydroxyl groups is 1. The highest BCUT2D eigenvalue weighted by Gasteiger charge is 2.31. The van der Waals surface area contributed by atoms with Gasteiger partial charge in [0.25, 0.3) is 5.91 Å². The molecule has 8 heteroatoms. The van der Waals surface area contributed by atoms with Crippen LogP contribution in [-0.2, 0) is 12.6 Å². The minimum atomic E-state index is -4.53. The summed E-state index contributed by atoms with van der Waals surface area (Å²) in [5.41, 5.74) is 0.217. The summed E-state index contributed by atoms with van der Waals surface area (Å²) in [4.78, 5) is 12.5. The van der Waals surface area contributed by atoms with Crippen LogP contribution in [0.25, 0.3) is 0 Å². The fourth-order valence-electron chi connectivity index (χ4n) is 3.58. The molecule has 0 saturated heterocycles. The molecule has 0 spiro atoms. The lowest BCUT2D eigenvalue weighted by atomic mass is 9.92. The Balaban J connectivity index is 1.70. The zero-order valence-corrected chi connectivity index (χ0v) is 19.1. The predicted octanol–water partition coefficient (Wildman–Crippen LogP) is 6.85. The highest BCUT2D eigenvalue weighted by molar-refractivity contribution is 9.10. The lowest BCUT2D eigenvalue weighted by molar-refractivity contribution is -0.137. The Morgan fingerprint density at radius 1 is 1.03 bits per heavy atom. The van der Waals surface area contributed by atoms with Crippen LogP contribution < -0.4 is 5.32 Å². The Hall–Kier alpha value is -2.87. The highest BCUT2D eigenvalue weighted by Crippen LogP contribution is 2.31. The number of phenols is 1. The predicted molar refractivity (Wildman–Crippen MR) is 122 cm³/mol. The summed E-state index contributed by atoms with van der Waals surface area (Å²) in [5, 5.41) is 12.7. The number of carbonyl (C=O) groups is 1. The number of para-hydroxylation sites is 1. The molecule has 0 saturated carbocycles. The van der Waals surface area contributed by atoms with Crippen LogP contribution in [0, 0.1) is 5.82 Å². The fraction of sp³-hybridized carbons (Fsp3) is 0.240. The number of benzene rings is 3. The Kier molecular flexibility index (Phi) is 8.13. The second-order valence-electron chi connectivity index (χ2n) is 7.67. The van der Waals surface area contributed by atoms with Gasteiger partial charge in [-0.15, -0.1) is 0 Å². The molecule has 0 fully saturated rings. The average Bonchev–Trinajstić information content (AvgIpc) is 2.77. The molecular formula is C25H22BrF4NO2. The third kappa shape index (κ3) is 6.81. The number of aryl methyl sites for hydroxylation is 1. The summed E-state index contributed by atoms with van der Waals surface area (Å²) < 4.78 is 53.9. The molecule has 0 aromatic heterocycles. The van der Waals surface area contributed by atoms with E-state index in [9.17, 15) is 27.5 Å². The van der Waals surface area contributed by atoms with Crippen molar-refractivity contribution in [1.29, 1.82) is 0 Å². The van der Waals surface area contributed by atoms with Gasteiger partial charge in [-0.2, -0.15) is 13.2 Å². The van der Waals surface area contributed by atoms with E-state index < -0.39 is 23.5 Å². The molecule has 0 bridgehead atoms. The van der Waals surface area contributed by atoms with E-state index >= 15 is 0 Å². The maximum Gasteiger partial charge on any atom is 0.416 e. The zero-order chi connectivity index (χ0) is 24.0. The number of amides is 1. The van der Waals surface area contributed by atoms with Crippen LogP contribution in [0.5, 0.6) is 5.75 Å². The number of nitrogens with one attached hydrogen (secondary N) is 1. The molecule has 0 heterocycles. The molecule has 3 nitrogen and oxygen atoms in total. The van der Waals surface area contributed by atoms with Crippen LogP contribution in [0.1, 0.15) is 45.8 Å². The minimum Gasteiger partial charge on any atom is -0.507 e. The molecule has 1 unspecified atom stereocenters. The second-order valence-corrected chi connectivity index (χ2v) is 8.59. The first kappa shape index (κ1) is 24.8. The van der Waals surface area contributed by atoms with Gasteiger partial charge >= 0.3 is 6.18 Å². The SMILES string of the molecule is O=C(NCC(CCCc1cc(C(F)(F)F)ccc1F)c1ccc(Br)cc1)c1ccccc1O. The van der Waals surface area contributed by atoms with Crippen LogP contribution in [-0.4, -0.2) is 17.6 Å². The van der Waals surface area contributed by atoms with Gasteiger partial charge in [0.15, 0.2) is 0 Å². The molecule has 2 N–H and O–H groups in total. The Bertz CT molecular complexity index is 1100. The van der Waals surface area contributed by atoms with E-state index in [1.54, 1.807) is 12.1 Å². The van der Waals surface area contributed by atoms with Crippen LogP contribution >= 0.6 is 15.9 Å². The molecule has 174 valence electrons. The summed E-state index contributed by atoms with van der Waals surface area (Å²) in [6, 6.07) is 16.1. The summed E-state index contributed by atoms with van der Waals surface area (Å²) >= 11 is 3.38. The number of rotatable bonds is 8. The van der Waals surface area contributed by atoms with E-state index in [1.165, 1.54) is 12.1 Å². The standard InChI is InChI=1S/C25H22BrF4NO2/c26-20-11-8-16(9-12-20)18(15-31-24(33)21-6-1-2-7-23(21)32)5-3-4-17-14-19(25(28,29)30)10-13-22(17)27/h1-2,6-14,18,32H,3-5,15H2,(H,31,33). The van der Waals surface area contributed by atoms with Crippen molar-refractivity contribution >= 4 is 21.8 Å². The molecule has 1 atom stereocenters. The van der Waals surface area contributed by atoms with Gasteiger partial charge in [0.2, 0.25) is 0 Å². The van der Waals surface area contributed by atoms with E-state index in [0.717, 1.165) is 28.2 Å². The molecule has 1 amide bonds. The van der Waals surface area contributed by atoms with Crippen molar-refractivity contribution in [1.82, 2.24) is 5.32 Å². The van der Waals surface area contributed by atoms with Gasteiger partial charge < -0.3 is 10.4 Å². The summed E-state index contributed by atoms with van der Waals surface area (Å²) in [5.74, 6) is -1.38. The molecular weight excluding hydrogens is 502 g/mol. The fourth-order valence-corrected chi connectivity index (χ4v) is 3.84. The lowest BCUT2D eigenvalue weighted by Gasteiger charge is -2.19. The molecule has 33 heavy (non-hydrogen) atoms. The first-order valence-electron chi connectivity index (χ1n) is 10.3. The Morgan fingerprint density at radius 2 is 1.73 bits per heavy atom. The Labute approximate surface area is 197 Å². The second kappa shape index (κ2) is 10.8. The van der Waals surface area contributed by atoms with Gasteiger partial charge in [-0.3, -0.25) is 4.79 Å². The maximum absolute atomic E-state index is 14.1. The third-order valence-electron chi connectivity index (χ3n) is 5.37. The van der Waals surface area contributed by atoms with Crippen molar-refractivity contribution < 1.29 is 27.5 Å². The zero-order valence-electron chi connectivity index (χ0n) is 17.5. The molecule has 0 aliphatic heterocycles. The number of alkyl halides is 3. The molecule has 3 aromatic rings. The first-order chi connectivity index (χ1) is 15.6. The smallest absolute Gasteiger partial charge is 0.416 e. The number of halogens is 5. The van der Waals surface area contributed by atoms with Crippen LogP contribution in [0.3, 0.4) is 0 Å². The summed E-state index contributed by atoms with van der Waals surface area (Å²) in [7, 11) is 0. The van der Waals surface area contributed by atoms with E-state index in [2.05, 4.69) is 21.2 Å². The number of hydrogen-bond donors (Lipinski definition) is 2. The van der Waals surface area contributed by atoms with Crippen LogP contribution in [0.4, 0.5) is 17.6 Å². The average molecular weight is 524 g/mol. The topological polar surface area (TPSA) is 49.3 Å². The van der Waals surface area contributed by atoms with Gasteiger partial charge in [-0.05, 0) is 72.9 Å². The normalized spacial score (nSPS) is 12.4. The first-order valence-corrected chi connectivity index (χ1v) is 11.1. The Morgan fingerprint density at radius 3 is 2.39 bits per heavy atom. The van der Waals surface area contributed by atoms with E-state index in [-0.39, 0.29) is 35.8 Å². The quantitative estimate of drug-likeness (QED) is 0.317. The minimum absolute atomic E-state index is 0.0117. The van der Waals surface area contributed by atoms with Gasteiger partial charge in [0.05, 0.1) is 11.1 Å². The molecule has 0 aliphatic carbocycles. The maximum atomic E-state index is 14.1. The largest absolute Gasteiger partial charge is 0.507 e. The van der Waals surface area contributed by atoms with E-state index in [1.807, 2.05) is 24.3 Å². The number of phenolic OH excluding ortho intramolecular Hbond substituents is 1. The van der Waals surface area contributed by atoms with Crippen LogP contribution in [0.15, 0.2) is 71.2 Å².